The van der Waals surface area contributed by atoms with E-state index in [0.29, 0.717) is 19.4 Å². The van der Waals surface area contributed by atoms with Gasteiger partial charge in [-0.1, -0.05) is 25.7 Å². The topological polar surface area (TPSA) is 81.4 Å². The summed E-state index contributed by atoms with van der Waals surface area (Å²) in [6.45, 7) is 0.545. The molecule has 3 N–H and O–H groups in total. The number of hydrogen-bond acceptors (Lipinski definition) is 4. The number of amides is 1. The molecule has 1 amide bonds. The number of esters is 1. The number of nitrogens with one attached hydrogen (secondary N) is 1. The number of ether oxygens (including phenoxy) is 1. The summed E-state index contributed by atoms with van der Waals surface area (Å²) in [4.78, 5) is 24.7. The van der Waals surface area contributed by atoms with E-state index in [1.807, 2.05) is 0 Å². The van der Waals surface area contributed by atoms with Crippen molar-refractivity contribution in [1.82, 2.24) is 5.32 Å². The lowest BCUT2D eigenvalue weighted by Crippen LogP contribution is -2.57. The zero-order valence-electron chi connectivity index (χ0n) is 12.7. The van der Waals surface area contributed by atoms with Gasteiger partial charge in [-0.15, -0.1) is 12.4 Å². The van der Waals surface area contributed by atoms with Gasteiger partial charge in [0.2, 0.25) is 5.91 Å². The summed E-state index contributed by atoms with van der Waals surface area (Å²) < 4.78 is 4.93. The van der Waals surface area contributed by atoms with Crippen LogP contribution in [-0.2, 0) is 14.3 Å². The first-order valence-corrected chi connectivity index (χ1v) is 7.73. The Balaban J connectivity index is 0.00000220. The smallest absolute Gasteiger partial charge is 0.331 e. The number of hydrogen-bond donors (Lipinski definition) is 2. The molecule has 2 saturated carbocycles. The standard InChI is InChI=1S/C15H26N2O3.ClH/c1-20-14(19)15(8-3-2-4-9-15)17-13(18)12-7-5-6-11(12)10-16;/h11-12H,2-10,16H2,1H3,(H,17,18);1H/t11-,12-;/m1./s1. The highest BCUT2D eigenvalue weighted by Gasteiger charge is 2.44. The third kappa shape index (κ3) is 3.89. The molecular formula is C15H27ClN2O3. The molecule has 5 nitrogen and oxygen atoms in total. The fourth-order valence-corrected chi connectivity index (χ4v) is 3.72. The number of rotatable bonds is 4. The largest absolute Gasteiger partial charge is 0.467 e. The Morgan fingerprint density at radius 3 is 2.43 bits per heavy atom. The average molecular weight is 319 g/mol. The Labute approximate surface area is 132 Å². The average Bonchev–Trinajstić information content (AvgIpc) is 2.95. The summed E-state index contributed by atoms with van der Waals surface area (Å²) in [5.74, 6) is -0.0881. The number of carbonyl (C=O) groups excluding carboxylic acids is 2. The molecule has 0 unspecified atom stereocenters. The van der Waals surface area contributed by atoms with Crippen LogP contribution in [0.3, 0.4) is 0 Å². The first-order chi connectivity index (χ1) is 9.63. The molecule has 0 radical (unpaired) electrons. The van der Waals surface area contributed by atoms with Crippen LogP contribution in [-0.4, -0.2) is 31.1 Å². The second-order valence-corrected chi connectivity index (χ2v) is 6.16. The lowest BCUT2D eigenvalue weighted by Gasteiger charge is -2.36. The van der Waals surface area contributed by atoms with E-state index >= 15 is 0 Å². The molecule has 6 heteroatoms. The zero-order valence-corrected chi connectivity index (χ0v) is 13.5. The third-order valence-corrected chi connectivity index (χ3v) is 4.94. The molecule has 0 aliphatic heterocycles. The molecule has 0 bridgehead atoms. The van der Waals surface area contributed by atoms with Crippen LogP contribution in [0.5, 0.6) is 0 Å². The van der Waals surface area contributed by atoms with Crippen LogP contribution in [0.1, 0.15) is 51.4 Å². The van der Waals surface area contributed by atoms with Gasteiger partial charge in [0.15, 0.2) is 0 Å². The predicted octanol–water partition coefficient (Wildman–Crippen LogP) is 1.78. The summed E-state index contributed by atoms with van der Waals surface area (Å²) in [6, 6.07) is 0. The van der Waals surface area contributed by atoms with E-state index in [1.54, 1.807) is 0 Å². The summed E-state index contributed by atoms with van der Waals surface area (Å²) in [5.41, 5.74) is 4.94. The van der Waals surface area contributed by atoms with Gasteiger partial charge in [-0.25, -0.2) is 4.79 Å². The molecule has 0 aromatic carbocycles. The van der Waals surface area contributed by atoms with E-state index < -0.39 is 5.54 Å². The van der Waals surface area contributed by atoms with E-state index in [2.05, 4.69) is 5.32 Å². The lowest BCUT2D eigenvalue weighted by molar-refractivity contribution is -0.153. The molecule has 0 saturated heterocycles. The number of methoxy groups -OCH3 is 1. The maximum absolute atomic E-state index is 12.5. The molecule has 2 aliphatic rings. The SMILES string of the molecule is COC(=O)C1(NC(=O)[C@@H]2CCC[C@@H]2CN)CCCCC1.Cl. The summed E-state index contributed by atoms with van der Waals surface area (Å²) in [6.07, 6.45) is 7.34. The first-order valence-electron chi connectivity index (χ1n) is 7.73. The van der Waals surface area contributed by atoms with Crippen LogP contribution in [0.25, 0.3) is 0 Å². The van der Waals surface area contributed by atoms with Gasteiger partial charge in [-0.2, -0.15) is 0 Å². The van der Waals surface area contributed by atoms with Crippen molar-refractivity contribution in [3.05, 3.63) is 0 Å². The van der Waals surface area contributed by atoms with Crippen LogP contribution in [0.4, 0.5) is 0 Å². The molecule has 2 rings (SSSR count). The van der Waals surface area contributed by atoms with Crippen molar-refractivity contribution < 1.29 is 14.3 Å². The van der Waals surface area contributed by atoms with Crippen molar-refractivity contribution in [3.8, 4) is 0 Å². The van der Waals surface area contributed by atoms with E-state index in [4.69, 9.17) is 10.5 Å². The molecule has 0 heterocycles. The van der Waals surface area contributed by atoms with Gasteiger partial charge in [0.25, 0.3) is 0 Å². The van der Waals surface area contributed by atoms with Crippen molar-refractivity contribution in [2.45, 2.75) is 56.9 Å². The Hall–Kier alpha value is -0.810. The molecule has 122 valence electrons. The molecule has 0 spiro atoms. The van der Waals surface area contributed by atoms with Crippen molar-refractivity contribution >= 4 is 24.3 Å². The van der Waals surface area contributed by atoms with Crippen LogP contribution in [0.15, 0.2) is 0 Å². The first kappa shape index (κ1) is 18.2. The van der Waals surface area contributed by atoms with Gasteiger partial charge >= 0.3 is 5.97 Å². The van der Waals surface area contributed by atoms with Gasteiger partial charge in [-0.05, 0) is 38.1 Å². The molecule has 0 aromatic rings. The van der Waals surface area contributed by atoms with E-state index in [0.717, 1.165) is 38.5 Å². The number of carbonyl (C=O) groups is 2. The van der Waals surface area contributed by atoms with Gasteiger partial charge in [-0.3, -0.25) is 4.79 Å². The lowest BCUT2D eigenvalue weighted by atomic mass is 9.80. The quantitative estimate of drug-likeness (QED) is 0.774. The molecule has 2 fully saturated rings. The van der Waals surface area contributed by atoms with Gasteiger partial charge in [0.05, 0.1) is 7.11 Å². The van der Waals surface area contributed by atoms with E-state index in [1.165, 1.54) is 7.11 Å². The van der Waals surface area contributed by atoms with Crippen LogP contribution >= 0.6 is 12.4 Å². The summed E-state index contributed by atoms with van der Waals surface area (Å²) >= 11 is 0. The van der Waals surface area contributed by atoms with Crippen molar-refractivity contribution in [2.75, 3.05) is 13.7 Å². The number of halogens is 1. The van der Waals surface area contributed by atoms with Crippen LogP contribution < -0.4 is 11.1 Å². The van der Waals surface area contributed by atoms with E-state index in [9.17, 15) is 9.59 Å². The fourth-order valence-electron chi connectivity index (χ4n) is 3.72. The fraction of sp³-hybridized carbons (Fsp3) is 0.867. The Kier molecular flexibility index (Phi) is 6.94. The molecule has 21 heavy (non-hydrogen) atoms. The highest BCUT2D eigenvalue weighted by molar-refractivity contribution is 5.89. The highest BCUT2D eigenvalue weighted by Crippen LogP contribution is 2.34. The Morgan fingerprint density at radius 2 is 1.86 bits per heavy atom. The second-order valence-electron chi connectivity index (χ2n) is 6.16. The maximum atomic E-state index is 12.5. The van der Waals surface area contributed by atoms with Crippen molar-refractivity contribution in [2.24, 2.45) is 17.6 Å². The molecule has 2 atom stereocenters. The molecule has 2 aliphatic carbocycles. The summed E-state index contributed by atoms with van der Waals surface area (Å²) in [7, 11) is 1.39. The molecule has 0 aromatic heterocycles. The minimum Gasteiger partial charge on any atom is -0.467 e. The second kappa shape index (κ2) is 7.99. The van der Waals surface area contributed by atoms with Crippen LogP contribution in [0.2, 0.25) is 0 Å². The number of nitrogens with two attached hydrogens (primary N) is 1. The van der Waals surface area contributed by atoms with Gasteiger partial charge in [0.1, 0.15) is 5.54 Å². The van der Waals surface area contributed by atoms with E-state index in [-0.39, 0.29) is 36.1 Å². The minimum atomic E-state index is -0.800. The van der Waals surface area contributed by atoms with Crippen molar-refractivity contribution in [1.29, 1.82) is 0 Å². The zero-order chi connectivity index (χ0) is 14.6. The highest BCUT2D eigenvalue weighted by atomic mass is 35.5. The summed E-state index contributed by atoms with van der Waals surface area (Å²) in [5, 5.41) is 3.02. The molecular weight excluding hydrogens is 292 g/mol. The third-order valence-electron chi connectivity index (χ3n) is 4.94. The normalized spacial score (nSPS) is 27.5. The van der Waals surface area contributed by atoms with Crippen LogP contribution in [0, 0.1) is 11.8 Å². The predicted molar refractivity (Wildman–Crippen MR) is 83.1 cm³/mol. The van der Waals surface area contributed by atoms with Gasteiger partial charge < -0.3 is 15.8 Å². The monoisotopic (exact) mass is 318 g/mol. The van der Waals surface area contributed by atoms with Crippen molar-refractivity contribution in [3.63, 3.8) is 0 Å². The maximum Gasteiger partial charge on any atom is 0.331 e. The minimum absolute atomic E-state index is 0. The van der Waals surface area contributed by atoms with Gasteiger partial charge in [0, 0.05) is 5.92 Å². The Bertz CT molecular complexity index is 370. The Morgan fingerprint density at radius 1 is 1.19 bits per heavy atom.